The van der Waals surface area contributed by atoms with E-state index in [9.17, 15) is 23.3 Å². The smallest absolute Gasteiger partial charge is 0.251 e. The Balaban J connectivity index is 1.32. The van der Waals surface area contributed by atoms with Crippen LogP contribution in [0.3, 0.4) is 0 Å². The van der Waals surface area contributed by atoms with Gasteiger partial charge in [0.1, 0.15) is 0 Å². The summed E-state index contributed by atoms with van der Waals surface area (Å²) in [6.07, 6.45) is 3.89. The molecule has 0 bridgehead atoms. The van der Waals surface area contributed by atoms with Crippen molar-refractivity contribution in [1.82, 2.24) is 15.1 Å². The summed E-state index contributed by atoms with van der Waals surface area (Å²) in [5.74, 6) is -0.155. The van der Waals surface area contributed by atoms with Crippen molar-refractivity contribution in [2.24, 2.45) is 0 Å². The van der Waals surface area contributed by atoms with Crippen molar-refractivity contribution < 1.29 is 18.0 Å². The molecule has 8 nitrogen and oxygen atoms in total. The molecule has 1 aliphatic heterocycles. The van der Waals surface area contributed by atoms with Gasteiger partial charge in [-0.2, -0.15) is 5.26 Å². The third-order valence-electron chi connectivity index (χ3n) is 7.86. The minimum Gasteiger partial charge on any atom is -0.345 e. The monoisotopic (exact) mass is 586 g/mol. The number of benzene rings is 3. The minimum atomic E-state index is -3.27. The van der Waals surface area contributed by atoms with Crippen molar-refractivity contribution in [1.29, 1.82) is 5.26 Å². The van der Waals surface area contributed by atoms with Crippen LogP contribution in [0.5, 0.6) is 0 Å². The van der Waals surface area contributed by atoms with Gasteiger partial charge in [-0.1, -0.05) is 48.5 Å². The number of hydrogen-bond donors (Lipinski definition) is 1. The molecule has 42 heavy (non-hydrogen) atoms. The maximum atomic E-state index is 13.2. The van der Waals surface area contributed by atoms with E-state index in [1.165, 1.54) is 6.26 Å². The molecule has 3 aromatic rings. The first-order valence-corrected chi connectivity index (χ1v) is 16.2. The number of rotatable bonds is 11. The number of carbonyl (C=O) groups excluding carboxylic acids is 2. The van der Waals surface area contributed by atoms with Crippen LogP contribution in [-0.4, -0.2) is 68.5 Å². The summed E-state index contributed by atoms with van der Waals surface area (Å²) in [5, 5.41) is 12.4. The summed E-state index contributed by atoms with van der Waals surface area (Å²) in [6.45, 7) is 5.14. The zero-order chi connectivity index (χ0) is 30.1. The second-order valence-corrected chi connectivity index (χ2v) is 12.8. The zero-order valence-electron chi connectivity index (χ0n) is 24.2. The number of likely N-dealkylation sites (N-methyl/N-ethyl adjacent to an activating group) is 1. The predicted octanol–water partition coefficient (Wildman–Crippen LogP) is 4.38. The maximum absolute atomic E-state index is 13.2. The van der Waals surface area contributed by atoms with Gasteiger partial charge < -0.3 is 15.1 Å². The number of nitriles is 1. The highest BCUT2D eigenvalue weighted by Crippen LogP contribution is 2.22. The summed E-state index contributed by atoms with van der Waals surface area (Å²) in [6, 6.07) is 25.2. The molecule has 1 N–H and O–H groups in total. The van der Waals surface area contributed by atoms with Gasteiger partial charge in [0.2, 0.25) is 5.91 Å². The highest BCUT2D eigenvalue weighted by molar-refractivity contribution is 7.90. The number of likely N-dealkylation sites (tertiary alicyclic amines) is 1. The van der Waals surface area contributed by atoms with Crippen molar-refractivity contribution in [3.63, 3.8) is 0 Å². The number of nitrogens with one attached hydrogen (secondary N) is 1. The highest BCUT2D eigenvalue weighted by atomic mass is 32.2. The summed E-state index contributed by atoms with van der Waals surface area (Å²) in [5.41, 5.74) is 2.75. The van der Waals surface area contributed by atoms with E-state index in [0.717, 1.165) is 50.0 Å². The van der Waals surface area contributed by atoms with E-state index in [1.54, 1.807) is 48.5 Å². The van der Waals surface area contributed by atoms with Gasteiger partial charge in [-0.15, -0.1) is 0 Å². The van der Waals surface area contributed by atoms with Gasteiger partial charge in [0.25, 0.3) is 5.91 Å². The van der Waals surface area contributed by atoms with Crippen LogP contribution in [0, 0.1) is 11.3 Å². The molecule has 4 rings (SSSR count). The minimum absolute atomic E-state index is 0.0513. The molecular weight excluding hydrogens is 548 g/mol. The molecule has 1 heterocycles. The number of piperidine rings is 1. The number of sulfone groups is 1. The van der Waals surface area contributed by atoms with Crippen molar-refractivity contribution in [3.05, 3.63) is 101 Å². The Labute approximate surface area is 248 Å². The lowest BCUT2D eigenvalue weighted by molar-refractivity contribution is -0.133. The van der Waals surface area contributed by atoms with E-state index < -0.39 is 9.84 Å². The van der Waals surface area contributed by atoms with Crippen LogP contribution in [0.4, 0.5) is 0 Å². The normalized spacial score (nSPS) is 15.0. The van der Waals surface area contributed by atoms with Crippen molar-refractivity contribution >= 4 is 21.7 Å². The predicted molar refractivity (Wildman–Crippen MR) is 163 cm³/mol. The highest BCUT2D eigenvalue weighted by Gasteiger charge is 2.27. The fourth-order valence-corrected chi connectivity index (χ4v) is 6.14. The quantitative estimate of drug-likeness (QED) is 0.357. The summed E-state index contributed by atoms with van der Waals surface area (Å²) >= 11 is 0. The third-order valence-corrected chi connectivity index (χ3v) is 8.99. The second kappa shape index (κ2) is 14.3. The van der Waals surface area contributed by atoms with Gasteiger partial charge in [0.15, 0.2) is 9.84 Å². The Morgan fingerprint density at radius 2 is 1.71 bits per heavy atom. The maximum Gasteiger partial charge on any atom is 0.251 e. The first kappa shape index (κ1) is 30.9. The van der Waals surface area contributed by atoms with E-state index in [1.807, 2.05) is 42.2 Å². The van der Waals surface area contributed by atoms with Gasteiger partial charge in [-0.3, -0.25) is 9.59 Å². The fourth-order valence-electron chi connectivity index (χ4n) is 5.51. The molecule has 1 aliphatic rings. The number of carbonyl (C=O) groups is 2. The lowest BCUT2D eigenvalue weighted by Crippen LogP contribution is -2.48. The Kier molecular flexibility index (Phi) is 10.5. The first-order chi connectivity index (χ1) is 20.2. The molecular formula is C33H38N4O4S. The molecule has 0 aliphatic carbocycles. The molecule has 0 spiro atoms. The SMILES string of the molecule is CCN(C(=O)Cc1ccc(S(C)(=O)=O)cc1)C1CCN(CC[C@H](NC(=O)c2cccc(C#N)c2)c2ccccc2)CC1. The first-order valence-electron chi connectivity index (χ1n) is 14.3. The van der Waals surface area contributed by atoms with Crippen molar-refractivity contribution in [3.8, 4) is 6.07 Å². The van der Waals surface area contributed by atoms with Gasteiger partial charge in [0, 0.05) is 44.0 Å². The number of amides is 2. The van der Waals surface area contributed by atoms with E-state index in [0.29, 0.717) is 17.7 Å². The lowest BCUT2D eigenvalue weighted by Gasteiger charge is -2.38. The number of nitrogens with zero attached hydrogens (tertiary/aromatic N) is 3. The molecule has 220 valence electrons. The average Bonchev–Trinajstić information content (AvgIpc) is 3.00. The molecule has 1 atom stereocenters. The van der Waals surface area contributed by atoms with Gasteiger partial charge >= 0.3 is 0 Å². The zero-order valence-corrected chi connectivity index (χ0v) is 25.0. The fraction of sp³-hybridized carbons (Fsp3) is 0.364. The lowest BCUT2D eigenvalue weighted by atomic mass is 9.99. The molecule has 9 heteroatoms. The molecule has 3 aromatic carbocycles. The summed E-state index contributed by atoms with van der Waals surface area (Å²) in [4.78, 5) is 30.8. The topological polar surface area (TPSA) is 111 Å². The van der Waals surface area contributed by atoms with E-state index in [4.69, 9.17) is 0 Å². The number of hydrogen-bond acceptors (Lipinski definition) is 6. The van der Waals surface area contributed by atoms with Crippen LogP contribution in [0.1, 0.15) is 59.3 Å². The molecule has 1 saturated heterocycles. The molecule has 2 amide bonds. The molecule has 0 aromatic heterocycles. The van der Waals surface area contributed by atoms with Gasteiger partial charge in [-0.25, -0.2) is 8.42 Å². The average molecular weight is 587 g/mol. The van der Waals surface area contributed by atoms with Gasteiger partial charge in [-0.05, 0) is 67.6 Å². The van der Waals surface area contributed by atoms with E-state index in [-0.39, 0.29) is 35.2 Å². The Bertz CT molecular complexity index is 1510. The van der Waals surface area contributed by atoms with Crippen LogP contribution in [0.15, 0.2) is 83.8 Å². The largest absolute Gasteiger partial charge is 0.345 e. The molecule has 1 fully saturated rings. The second-order valence-electron chi connectivity index (χ2n) is 10.8. The van der Waals surface area contributed by atoms with E-state index in [2.05, 4.69) is 16.3 Å². The van der Waals surface area contributed by atoms with Crippen LogP contribution in [0.2, 0.25) is 0 Å². The Morgan fingerprint density at radius 3 is 2.33 bits per heavy atom. The third kappa shape index (κ3) is 8.28. The van der Waals surface area contributed by atoms with Crippen molar-refractivity contribution in [2.75, 3.05) is 32.4 Å². The Morgan fingerprint density at radius 1 is 1.02 bits per heavy atom. The Hall–Kier alpha value is -4.00. The molecule has 0 unspecified atom stereocenters. The van der Waals surface area contributed by atoms with Crippen LogP contribution >= 0.6 is 0 Å². The molecule has 0 radical (unpaired) electrons. The summed E-state index contributed by atoms with van der Waals surface area (Å²) in [7, 11) is -3.27. The summed E-state index contributed by atoms with van der Waals surface area (Å²) < 4.78 is 23.5. The van der Waals surface area contributed by atoms with Crippen LogP contribution in [0.25, 0.3) is 0 Å². The van der Waals surface area contributed by atoms with Crippen LogP contribution in [-0.2, 0) is 21.1 Å². The molecule has 0 saturated carbocycles. The van der Waals surface area contributed by atoms with Crippen LogP contribution < -0.4 is 5.32 Å². The van der Waals surface area contributed by atoms with Crippen molar-refractivity contribution in [2.45, 2.75) is 49.6 Å². The van der Waals surface area contributed by atoms with Gasteiger partial charge in [0.05, 0.1) is 29.0 Å². The standard InChI is InChI=1S/C33H38N4O4S/c1-3-37(32(38)23-25-12-14-30(15-13-25)42(2,40)41)29-16-19-36(20-17-29)21-18-31(27-9-5-4-6-10-27)35-33(39)28-11-7-8-26(22-28)24-34/h4-15,22,29,31H,3,16-21,23H2,1-2H3,(H,35,39)/t31-/m0/s1. The van der Waals surface area contributed by atoms with E-state index >= 15 is 0 Å².